The van der Waals surface area contributed by atoms with Crippen LogP contribution in [0.25, 0.3) is 0 Å². The van der Waals surface area contributed by atoms with Crippen molar-refractivity contribution in [3.63, 3.8) is 0 Å². The minimum atomic E-state index is -0.428. The first-order valence-electron chi connectivity index (χ1n) is 7.11. The van der Waals surface area contributed by atoms with E-state index in [0.29, 0.717) is 35.4 Å². The van der Waals surface area contributed by atoms with Crippen LogP contribution >= 0.6 is 0 Å². The molecule has 1 unspecified atom stereocenters. The predicted octanol–water partition coefficient (Wildman–Crippen LogP) is 2.34. The third kappa shape index (κ3) is 4.05. The molecule has 0 heterocycles. The molecule has 0 aliphatic heterocycles. The number of carbonyl (C=O) groups excluding carboxylic acids is 1. The molecule has 112 valence electrons. The molecule has 2 rings (SSSR count). The number of benzene rings is 1. The molecule has 1 amide bonds. The van der Waals surface area contributed by atoms with Gasteiger partial charge >= 0.3 is 0 Å². The highest BCUT2D eigenvalue weighted by molar-refractivity contribution is 5.96. The Morgan fingerprint density at radius 2 is 2.24 bits per heavy atom. The highest BCUT2D eigenvalue weighted by Gasteiger charge is 2.45. The normalized spacial score (nSPS) is 18.6. The lowest BCUT2D eigenvalue weighted by Crippen LogP contribution is -2.27. The summed E-state index contributed by atoms with van der Waals surface area (Å²) in [6.45, 7) is 4.92. The largest absolute Gasteiger partial charge is 0.395 e. The Hall–Kier alpha value is -1.86. The Labute approximate surface area is 124 Å². The Kier molecular flexibility index (Phi) is 4.64. The van der Waals surface area contributed by atoms with Gasteiger partial charge in [0, 0.05) is 18.5 Å². The van der Waals surface area contributed by atoms with E-state index in [0.717, 1.165) is 6.42 Å². The van der Waals surface area contributed by atoms with E-state index in [1.807, 2.05) is 0 Å². The van der Waals surface area contributed by atoms with Crippen LogP contribution in [0.2, 0.25) is 0 Å². The van der Waals surface area contributed by atoms with Gasteiger partial charge in [0.25, 0.3) is 5.91 Å². The van der Waals surface area contributed by atoms with Gasteiger partial charge < -0.3 is 10.4 Å². The molecule has 1 aromatic carbocycles. The van der Waals surface area contributed by atoms with Gasteiger partial charge in [0.05, 0.1) is 12.2 Å². The maximum atomic E-state index is 13.3. The zero-order valence-electron chi connectivity index (χ0n) is 12.4. The van der Waals surface area contributed by atoms with Crippen LogP contribution in [-0.2, 0) is 0 Å². The molecule has 0 spiro atoms. The molecule has 4 heteroatoms. The molecule has 21 heavy (non-hydrogen) atoms. The van der Waals surface area contributed by atoms with Gasteiger partial charge in [-0.25, -0.2) is 4.39 Å². The van der Waals surface area contributed by atoms with Gasteiger partial charge in [-0.05, 0) is 36.0 Å². The van der Waals surface area contributed by atoms with Crippen LogP contribution in [0.15, 0.2) is 18.2 Å². The van der Waals surface area contributed by atoms with E-state index >= 15 is 0 Å². The fraction of sp³-hybridized carbons (Fsp3) is 0.471. The van der Waals surface area contributed by atoms with E-state index in [1.165, 1.54) is 18.2 Å². The second kappa shape index (κ2) is 6.28. The third-order valence-electron chi connectivity index (χ3n) is 3.91. The maximum Gasteiger partial charge on any atom is 0.252 e. The number of nitrogens with one attached hydrogen (secondary N) is 1. The minimum absolute atomic E-state index is 0.0550. The van der Waals surface area contributed by atoms with E-state index in [4.69, 9.17) is 5.11 Å². The highest BCUT2D eigenvalue weighted by atomic mass is 19.1. The van der Waals surface area contributed by atoms with Crippen LogP contribution in [0, 0.1) is 29.0 Å². The lowest BCUT2D eigenvalue weighted by molar-refractivity contribution is 0.0950. The standard InChI is InChI=1S/C17H20FNO2/c1-17(2)10-13(17)11-19-16(21)15-7-6-14(18)9-12(15)5-3-4-8-20/h6-7,9,13,20H,4,8,10-11H2,1-2H3,(H,19,21). The summed E-state index contributed by atoms with van der Waals surface area (Å²) in [5, 5.41) is 11.6. The molecule has 0 bridgehead atoms. The number of aliphatic hydroxyl groups is 1. The van der Waals surface area contributed by atoms with Crippen molar-refractivity contribution in [2.45, 2.75) is 26.7 Å². The van der Waals surface area contributed by atoms with Gasteiger partial charge in [-0.1, -0.05) is 25.7 Å². The zero-order valence-corrected chi connectivity index (χ0v) is 12.4. The number of rotatable bonds is 4. The van der Waals surface area contributed by atoms with Crippen molar-refractivity contribution in [1.82, 2.24) is 5.32 Å². The maximum absolute atomic E-state index is 13.3. The van der Waals surface area contributed by atoms with Crippen LogP contribution in [0.4, 0.5) is 4.39 Å². The molecule has 1 aromatic rings. The summed E-state index contributed by atoms with van der Waals surface area (Å²) in [6, 6.07) is 3.96. The smallest absolute Gasteiger partial charge is 0.252 e. The van der Waals surface area contributed by atoms with Crippen LogP contribution in [0.3, 0.4) is 0 Å². The summed E-state index contributed by atoms with van der Waals surface area (Å²) in [7, 11) is 0. The SMILES string of the molecule is CC1(C)CC1CNC(=O)c1ccc(F)cc1C#CCCO. The van der Waals surface area contributed by atoms with E-state index < -0.39 is 5.82 Å². The number of aliphatic hydroxyl groups excluding tert-OH is 1. The van der Waals surface area contributed by atoms with Crippen molar-refractivity contribution in [3.8, 4) is 11.8 Å². The van der Waals surface area contributed by atoms with E-state index in [-0.39, 0.29) is 12.5 Å². The van der Waals surface area contributed by atoms with Gasteiger partial charge in [0.15, 0.2) is 0 Å². The quantitative estimate of drug-likeness (QED) is 0.836. The molecule has 0 aromatic heterocycles. The Morgan fingerprint density at radius 1 is 1.52 bits per heavy atom. The molecule has 1 atom stereocenters. The van der Waals surface area contributed by atoms with Crippen molar-refractivity contribution >= 4 is 5.91 Å². The molecule has 1 aliphatic rings. The molecule has 0 radical (unpaired) electrons. The van der Waals surface area contributed by atoms with Crippen molar-refractivity contribution in [3.05, 3.63) is 35.1 Å². The predicted molar refractivity (Wildman–Crippen MR) is 79.2 cm³/mol. The Morgan fingerprint density at radius 3 is 2.86 bits per heavy atom. The molecular formula is C17H20FNO2. The van der Waals surface area contributed by atoms with Crippen LogP contribution in [-0.4, -0.2) is 24.2 Å². The fourth-order valence-corrected chi connectivity index (χ4v) is 2.27. The Bertz CT molecular complexity index is 599. The number of halogens is 1. The average Bonchev–Trinajstić information content (AvgIpc) is 3.04. The summed E-state index contributed by atoms with van der Waals surface area (Å²) >= 11 is 0. The number of amides is 1. The zero-order chi connectivity index (χ0) is 15.5. The summed E-state index contributed by atoms with van der Waals surface area (Å²) < 4.78 is 13.3. The van der Waals surface area contributed by atoms with Crippen LogP contribution in [0.5, 0.6) is 0 Å². The van der Waals surface area contributed by atoms with Gasteiger partial charge in [-0.15, -0.1) is 0 Å². The van der Waals surface area contributed by atoms with Crippen LogP contribution in [0.1, 0.15) is 42.6 Å². The van der Waals surface area contributed by atoms with E-state index in [1.54, 1.807) is 0 Å². The lowest BCUT2D eigenvalue weighted by atomic mass is 10.1. The third-order valence-corrected chi connectivity index (χ3v) is 3.91. The molecule has 1 aliphatic carbocycles. The topological polar surface area (TPSA) is 49.3 Å². The van der Waals surface area contributed by atoms with Gasteiger partial charge in [0.1, 0.15) is 5.82 Å². The van der Waals surface area contributed by atoms with Crippen LogP contribution < -0.4 is 5.32 Å². The molecule has 0 saturated heterocycles. The van der Waals surface area contributed by atoms with Crippen molar-refractivity contribution in [2.75, 3.05) is 13.2 Å². The van der Waals surface area contributed by atoms with Crippen molar-refractivity contribution in [1.29, 1.82) is 0 Å². The average molecular weight is 289 g/mol. The fourth-order valence-electron chi connectivity index (χ4n) is 2.27. The monoisotopic (exact) mass is 289 g/mol. The summed E-state index contributed by atoms with van der Waals surface area (Å²) in [4.78, 5) is 12.2. The first-order valence-corrected chi connectivity index (χ1v) is 7.11. The van der Waals surface area contributed by atoms with Crippen molar-refractivity contribution in [2.24, 2.45) is 11.3 Å². The Balaban J connectivity index is 2.07. The second-order valence-electron chi connectivity index (χ2n) is 6.06. The molecule has 3 nitrogen and oxygen atoms in total. The number of carbonyl (C=O) groups is 1. The van der Waals surface area contributed by atoms with E-state index in [2.05, 4.69) is 31.0 Å². The number of hydrogen-bond acceptors (Lipinski definition) is 2. The lowest BCUT2D eigenvalue weighted by Gasteiger charge is -2.08. The molecule has 2 N–H and O–H groups in total. The van der Waals surface area contributed by atoms with Gasteiger partial charge in [0.2, 0.25) is 0 Å². The minimum Gasteiger partial charge on any atom is -0.395 e. The molecule has 1 fully saturated rings. The summed E-state index contributed by atoms with van der Waals surface area (Å²) in [5.74, 6) is 5.31. The summed E-state index contributed by atoms with van der Waals surface area (Å²) in [6.07, 6.45) is 1.41. The van der Waals surface area contributed by atoms with Gasteiger partial charge in [-0.3, -0.25) is 4.79 Å². The second-order valence-corrected chi connectivity index (χ2v) is 6.06. The summed E-state index contributed by atoms with van der Waals surface area (Å²) in [5.41, 5.74) is 1.04. The first kappa shape index (κ1) is 15.5. The number of hydrogen-bond donors (Lipinski definition) is 2. The van der Waals surface area contributed by atoms with Crippen molar-refractivity contribution < 1.29 is 14.3 Å². The van der Waals surface area contributed by atoms with E-state index in [9.17, 15) is 9.18 Å². The highest BCUT2D eigenvalue weighted by Crippen LogP contribution is 2.50. The molecular weight excluding hydrogens is 269 g/mol. The molecule has 1 saturated carbocycles. The van der Waals surface area contributed by atoms with Gasteiger partial charge in [-0.2, -0.15) is 0 Å². The first-order chi connectivity index (χ1) is 9.94.